The molecule has 20 aromatic carbocycles. The Morgan fingerprint density at radius 1 is 0.142 bits per heavy atom. The minimum absolute atomic E-state index is 0.107. The molecule has 23 aromatic rings. The van der Waals surface area contributed by atoms with Crippen LogP contribution < -0.4 is 0 Å². The van der Waals surface area contributed by atoms with Crippen molar-refractivity contribution in [2.24, 2.45) is 0 Å². The molecule has 3 heterocycles. The average molecular weight is 1800 g/mol. The monoisotopic (exact) mass is 1800 g/mol. The van der Waals surface area contributed by atoms with Gasteiger partial charge < -0.3 is 0 Å². The van der Waals surface area contributed by atoms with Crippen molar-refractivity contribution in [2.75, 3.05) is 0 Å². The molecule has 0 radical (unpaired) electrons. The van der Waals surface area contributed by atoms with E-state index in [0.717, 1.165) is 78.4 Å². The van der Waals surface area contributed by atoms with Gasteiger partial charge in [-0.05, 0) is 208 Å². The second-order valence-electron chi connectivity index (χ2n) is 38.7. The van der Waals surface area contributed by atoms with E-state index in [4.69, 9.17) is 29.9 Å². The van der Waals surface area contributed by atoms with Crippen molar-refractivity contribution in [2.45, 2.75) is 57.8 Å². The number of aromatic nitrogens is 6. The molecule has 0 fully saturated rings. The van der Waals surface area contributed by atoms with Crippen LogP contribution in [0.2, 0.25) is 0 Å². The zero-order valence-electron chi connectivity index (χ0n) is 79.4. The van der Waals surface area contributed by atoms with Gasteiger partial charge in [-0.2, -0.15) is 0 Å². The van der Waals surface area contributed by atoms with Crippen molar-refractivity contribution < 1.29 is 0 Å². The summed E-state index contributed by atoms with van der Waals surface area (Å²) in [5, 5.41) is 7.56. The van der Waals surface area contributed by atoms with Gasteiger partial charge in [0.2, 0.25) is 0 Å². The van der Waals surface area contributed by atoms with Crippen LogP contribution in [0.4, 0.5) is 0 Å². The van der Waals surface area contributed by atoms with E-state index in [1.165, 1.54) is 155 Å². The second kappa shape index (κ2) is 35.8. The Bertz CT molecular complexity index is 8160. The van der Waals surface area contributed by atoms with Crippen LogP contribution in [-0.4, -0.2) is 29.9 Å². The molecule has 0 aliphatic heterocycles. The van der Waals surface area contributed by atoms with E-state index < -0.39 is 0 Å². The highest BCUT2D eigenvalue weighted by atomic mass is 15.0. The maximum Gasteiger partial charge on any atom is 0.164 e. The van der Waals surface area contributed by atoms with Crippen LogP contribution in [0.15, 0.2) is 485 Å². The fourth-order valence-electron chi connectivity index (χ4n) is 22.1. The van der Waals surface area contributed by atoms with Gasteiger partial charge in [-0.3, -0.25) is 0 Å². The van der Waals surface area contributed by atoms with Crippen molar-refractivity contribution in [1.29, 1.82) is 0 Å². The first-order valence-corrected chi connectivity index (χ1v) is 48.7. The fraction of sp³-hybridized carbons (Fsp3) is 0.0667. The lowest BCUT2D eigenvalue weighted by Crippen LogP contribution is -2.15. The molecule has 141 heavy (non-hydrogen) atoms. The lowest BCUT2D eigenvalue weighted by molar-refractivity contribution is 0.666. The first-order chi connectivity index (χ1) is 69.2. The Kier molecular flexibility index (Phi) is 21.9. The van der Waals surface area contributed by atoms with Crippen molar-refractivity contribution in [3.05, 3.63) is 519 Å². The minimum Gasteiger partial charge on any atom is -0.248 e. The molecule has 0 saturated carbocycles. The zero-order chi connectivity index (χ0) is 94.9. The SMILES string of the molecule is CC1(C)c2ccccc2-c2c(-c3cc(-c4ccc(-c5ccccc5)cc4)nc(-c4ccc(-c5ccccc5)cc4)n3)cc3ccccc3c21.CC1(C)c2ccccc2-c2c(-c3cc(-c4ccccc4)nc(-c4cccc(-c5ccccc5)c4)c3)cc3ccccc3c21.CC1(C)c2ccccc2-c2c(-c3nc(-c4ccc(-c5ccccc5)cc4)nc(-c4ccc(-c5ccccc5)cc4)n3)cc3ccccc3c21. The van der Waals surface area contributed by atoms with Gasteiger partial charge in [0.15, 0.2) is 23.3 Å². The largest absolute Gasteiger partial charge is 0.248 e. The number of hydrogen-bond donors (Lipinski definition) is 0. The van der Waals surface area contributed by atoms with Crippen LogP contribution in [-0.2, 0) is 16.2 Å². The summed E-state index contributed by atoms with van der Waals surface area (Å²) in [5.74, 6) is 2.69. The molecule has 6 nitrogen and oxygen atoms in total. The summed E-state index contributed by atoms with van der Waals surface area (Å²) < 4.78 is 0. The van der Waals surface area contributed by atoms with Gasteiger partial charge in [0.05, 0.1) is 22.8 Å². The molecule has 0 amide bonds. The summed E-state index contributed by atoms with van der Waals surface area (Å²) in [4.78, 5) is 31.5. The zero-order valence-corrected chi connectivity index (χ0v) is 79.4. The standard InChI is InChI=1S/C47H34N2.C46H33N3.C42H31N/c1-47(2)41-20-12-11-19-39(41)44-40(29-37-17-9-10-18-38(37)45(44)47)43-30-42(35-25-21-33(22-26-35)31-13-5-3-6-14-31)48-46(49-43)36-27-23-34(24-28-36)32-15-7-4-8-16-32;1-46(2)40-20-12-11-19-38(40)41-39(29-36-17-9-10-18-37(36)42(41)46)45-48-43(34-25-21-32(22-26-34)30-13-5-3-6-14-30)47-44(49-45)35-27-23-33(24-28-35)31-15-7-4-8-16-31;1-42(2)37-23-12-11-22-35(37)40-36(25-31-18-9-10-21-34(31)41(40)42)33-26-38(29-16-7-4-8-17-29)43-39(27-33)32-20-13-19-30(24-32)28-14-5-3-6-15-28/h3-30H,1-2H3;3-29H,1-2H3;3-27H,1-2H3. The molecule has 3 aliphatic carbocycles. The van der Waals surface area contributed by atoms with Crippen LogP contribution in [0, 0.1) is 0 Å². The van der Waals surface area contributed by atoms with Crippen molar-refractivity contribution in [1.82, 2.24) is 29.9 Å². The summed E-state index contributed by atoms with van der Waals surface area (Å²) >= 11 is 0. The number of fused-ring (bicyclic) bond motifs is 15. The first kappa shape index (κ1) is 86.3. The molecule has 668 valence electrons. The Labute approximate surface area is 823 Å². The maximum atomic E-state index is 5.36. The molecular formula is C135H98N6. The highest BCUT2D eigenvalue weighted by molar-refractivity contribution is 6.08. The van der Waals surface area contributed by atoms with Crippen LogP contribution >= 0.6 is 0 Å². The highest BCUT2D eigenvalue weighted by Gasteiger charge is 2.43. The molecule has 3 aromatic heterocycles. The molecule has 0 saturated heterocycles. The Balaban J connectivity index is 0.000000115. The maximum absolute atomic E-state index is 5.36. The molecule has 0 bridgehead atoms. The molecule has 0 spiro atoms. The van der Waals surface area contributed by atoms with E-state index >= 15 is 0 Å². The van der Waals surface area contributed by atoms with E-state index in [2.05, 4.69) is 509 Å². The predicted molar refractivity (Wildman–Crippen MR) is 587 cm³/mol. The third-order valence-corrected chi connectivity index (χ3v) is 29.0. The van der Waals surface area contributed by atoms with E-state index in [9.17, 15) is 0 Å². The van der Waals surface area contributed by atoms with Gasteiger partial charge in [-0.15, -0.1) is 0 Å². The van der Waals surface area contributed by atoms with Gasteiger partial charge in [0.25, 0.3) is 0 Å². The lowest BCUT2D eigenvalue weighted by atomic mass is 9.79. The van der Waals surface area contributed by atoms with Gasteiger partial charge in [-0.1, -0.05) is 484 Å². The molecular weight excluding hydrogens is 1710 g/mol. The third kappa shape index (κ3) is 15.9. The minimum atomic E-state index is -0.180. The van der Waals surface area contributed by atoms with Gasteiger partial charge in [-0.25, -0.2) is 29.9 Å². The number of benzene rings is 20. The smallest absolute Gasteiger partial charge is 0.164 e. The molecule has 26 rings (SSSR count). The highest BCUT2D eigenvalue weighted by Crippen LogP contribution is 2.59. The number of pyridine rings is 1. The van der Waals surface area contributed by atoms with E-state index in [1.807, 2.05) is 18.2 Å². The quantitative estimate of drug-likeness (QED) is 0.108. The van der Waals surface area contributed by atoms with E-state index in [-0.39, 0.29) is 16.2 Å². The molecule has 6 heteroatoms. The summed E-state index contributed by atoms with van der Waals surface area (Å²) in [6.45, 7) is 14.1. The lowest BCUT2D eigenvalue weighted by Gasteiger charge is -2.24. The molecule has 0 N–H and O–H groups in total. The van der Waals surface area contributed by atoms with Gasteiger partial charge >= 0.3 is 0 Å². The van der Waals surface area contributed by atoms with Gasteiger partial charge in [0.1, 0.15) is 0 Å². The van der Waals surface area contributed by atoms with Crippen LogP contribution in [0.5, 0.6) is 0 Å². The summed E-state index contributed by atoms with van der Waals surface area (Å²) in [6, 6.07) is 173. The van der Waals surface area contributed by atoms with Crippen molar-refractivity contribution in [3.63, 3.8) is 0 Å². The van der Waals surface area contributed by atoms with Crippen molar-refractivity contribution in [3.8, 4) is 191 Å². The third-order valence-electron chi connectivity index (χ3n) is 29.0. The molecule has 0 unspecified atom stereocenters. The molecule has 0 atom stereocenters. The Hall–Kier alpha value is -17.6. The predicted octanol–water partition coefficient (Wildman–Crippen LogP) is 35.1. The summed E-state index contributed by atoms with van der Waals surface area (Å²) in [6.07, 6.45) is 0. The van der Waals surface area contributed by atoms with Crippen molar-refractivity contribution >= 4 is 32.3 Å². The average Bonchev–Trinajstić information content (AvgIpc) is 1.56. The number of hydrogen-bond acceptors (Lipinski definition) is 6. The Morgan fingerprint density at radius 2 is 0.397 bits per heavy atom. The summed E-state index contributed by atoms with van der Waals surface area (Å²) in [5.41, 5.74) is 41.7. The fourth-order valence-corrected chi connectivity index (χ4v) is 22.1. The summed E-state index contributed by atoms with van der Waals surface area (Å²) in [7, 11) is 0. The first-order valence-electron chi connectivity index (χ1n) is 48.7. The van der Waals surface area contributed by atoms with Crippen LogP contribution in [0.3, 0.4) is 0 Å². The Morgan fingerprint density at radius 3 is 0.801 bits per heavy atom. The topological polar surface area (TPSA) is 77.3 Å². The van der Waals surface area contributed by atoms with E-state index in [1.54, 1.807) is 0 Å². The van der Waals surface area contributed by atoms with E-state index in [0.29, 0.717) is 23.3 Å². The normalized spacial score (nSPS) is 12.9. The molecule has 3 aliphatic rings. The van der Waals surface area contributed by atoms with Crippen LogP contribution in [0.25, 0.3) is 223 Å². The number of rotatable bonds is 14. The van der Waals surface area contributed by atoms with Crippen LogP contribution in [0.1, 0.15) is 74.9 Å². The second-order valence-corrected chi connectivity index (χ2v) is 38.7. The van der Waals surface area contributed by atoms with Gasteiger partial charge in [0, 0.05) is 60.8 Å². The number of nitrogens with zero attached hydrogens (tertiary/aromatic N) is 6.